The van der Waals surface area contributed by atoms with Crippen molar-refractivity contribution in [1.29, 1.82) is 0 Å². The Morgan fingerprint density at radius 1 is 1.31 bits per heavy atom. The number of benzene rings is 2. The number of carbonyl (C=O) groups is 1. The van der Waals surface area contributed by atoms with Crippen molar-refractivity contribution < 1.29 is 13.9 Å². The minimum absolute atomic E-state index is 0.201. The number of halogens is 1. The summed E-state index contributed by atoms with van der Waals surface area (Å²) >= 11 is 0. The molecular weight excluding hydrogens is 371 g/mol. The zero-order valence-corrected chi connectivity index (χ0v) is 16.5. The second-order valence-electron chi connectivity index (χ2n) is 7.14. The smallest absolute Gasteiger partial charge is 0.315 e. The summed E-state index contributed by atoms with van der Waals surface area (Å²) < 4.78 is 21.3. The SMILES string of the molecule is CCn1c(CCNC(=O)NC2CCCOc3cc(F)ccc32)nc2ccccc21. The number of aromatic nitrogens is 2. The van der Waals surface area contributed by atoms with Gasteiger partial charge in [0, 0.05) is 31.1 Å². The molecule has 1 aliphatic heterocycles. The Morgan fingerprint density at radius 3 is 3.03 bits per heavy atom. The molecule has 0 radical (unpaired) electrons. The molecule has 0 fully saturated rings. The molecule has 2 amide bonds. The van der Waals surface area contributed by atoms with Crippen molar-refractivity contribution in [3.63, 3.8) is 0 Å². The van der Waals surface area contributed by atoms with E-state index >= 15 is 0 Å². The number of fused-ring (bicyclic) bond motifs is 2. The summed E-state index contributed by atoms with van der Waals surface area (Å²) in [7, 11) is 0. The molecule has 29 heavy (non-hydrogen) atoms. The molecule has 0 bridgehead atoms. The maximum absolute atomic E-state index is 13.5. The van der Waals surface area contributed by atoms with Crippen molar-refractivity contribution in [2.24, 2.45) is 0 Å². The maximum atomic E-state index is 13.5. The van der Waals surface area contributed by atoms with Gasteiger partial charge in [0.15, 0.2) is 0 Å². The number of nitrogens with one attached hydrogen (secondary N) is 2. The number of amides is 2. The zero-order chi connectivity index (χ0) is 20.2. The van der Waals surface area contributed by atoms with Crippen LogP contribution < -0.4 is 15.4 Å². The molecule has 152 valence electrons. The first-order chi connectivity index (χ1) is 14.2. The molecule has 1 aromatic heterocycles. The van der Waals surface area contributed by atoms with Crippen molar-refractivity contribution in [1.82, 2.24) is 20.2 Å². The largest absolute Gasteiger partial charge is 0.493 e. The first kappa shape index (κ1) is 19.2. The van der Waals surface area contributed by atoms with E-state index in [0.717, 1.165) is 41.8 Å². The summed E-state index contributed by atoms with van der Waals surface area (Å²) in [5, 5.41) is 5.91. The number of aryl methyl sites for hydroxylation is 1. The topological polar surface area (TPSA) is 68.2 Å². The van der Waals surface area contributed by atoms with Gasteiger partial charge < -0.3 is 19.9 Å². The van der Waals surface area contributed by atoms with Crippen LogP contribution in [0.15, 0.2) is 42.5 Å². The minimum Gasteiger partial charge on any atom is -0.493 e. The number of nitrogens with zero attached hydrogens (tertiary/aromatic N) is 2. The minimum atomic E-state index is -0.340. The predicted molar refractivity (Wildman–Crippen MR) is 110 cm³/mol. The third-order valence-electron chi connectivity index (χ3n) is 5.24. The van der Waals surface area contributed by atoms with Gasteiger partial charge >= 0.3 is 6.03 Å². The van der Waals surface area contributed by atoms with Gasteiger partial charge in [-0.1, -0.05) is 18.2 Å². The highest BCUT2D eigenvalue weighted by atomic mass is 19.1. The summed E-state index contributed by atoms with van der Waals surface area (Å²) in [6, 6.07) is 12.1. The Morgan fingerprint density at radius 2 is 2.17 bits per heavy atom. The van der Waals surface area contributed by atoms with Gasteiger partial charge in [-0.15, -0.1) is 0 Å². The first-order valence-electron chi connectivity index (χ1n) is 10.1. The lowest BCUT2D eigenvalue weighted by molar-refractivity contribution is 0.236. The van der Waals surface area contributed by atoms with Gasteiger partial charge in [-0.3, -0.25) is 0 Å². The fraction of sp³-hybridized carbons (Fsp3) is 0.364. The van der Waals surface area contributed by atoms with Crippen molar-refractivity contribution in [3.8, 4) is 5.75 Å². The standard InChI is InChI=1S/C22H25FN4O2/c1-2-27-19-8-4-3-6-18(19)25-21(27)11-12-24-22(28)26-17-7-5-13-29-20-14-15(23)9-10-16(17)20/h3-4,6,8-10,14,17H,2,5,7,11-13H2,1H3,(H2,24,26,28). The average Bonchev–Trinajstić information content (AvgIpc) is 2.96. The molecule has 0 spiro atoms. The number of urea groups is 1. The van der Waals surface area contributed by atoms with Crippen LogP contribution in [0.4, 0.5) is 9.18 Å². The number of rotatable bonds is 5. The highest BCUT2D eigenvalue weighted by molar-refractivity contribution is 5.76. The molecule has 0 aliphatic carbocycles. The van der Waals surface area contributed by atoms with E-state index in [9.17, 15) is 9.18 Å². The Kier molecular flexibility index (Phi) is 5.64. The lowest BCUT2D eigenvalue weighted by atomic mass is 10.0. The van der Waals surface area contributed by atoms with Crippen LogP contribution in [0.3, 0.4) is 0 Å². The summed E-state index contributed by atoms with van der Waals surface area (Å²) in [5.74, 6) is 1.12. The maximum Gasteiger partial charge on any atom is 0.315 e. The zero-order valence-electron chi connectivity index (χ0n) is 16.5. The third-order valence-corrected chi connectivity index (χ3v) is 5.24. The molecular formula is C22H25FN4O2. The van der Waals surface area contributed by atoms with Crippen molar-refractivity contribution in [3.05, 3.63) is 59.7 Å². The van der Waals surface area contributed by atoms with Crippen molar-refractivity contribution in [2.75, 3.05) is 13.2 Å². The van der Waals surface area contributed by atoms with Crippen LogP contribution in [0.2, 0.25) is 0 Å². The van der Waals surface area contributed by atoms with Crippen LogP contribution in [0.5, 0.6) is 5.75 Å². The summed E-state index contributed by atoms with van der Waals surface area (Å²) in [6.45, 7) is 3.92. The molecule has 2 aromatic carbocycles. The molecule has 4 rings (SSSR count). The molecule has 6 nitrogen and oxygen atoms in total. The molecule has 0 saturated heterocycles. The van der Waals surface area contributed by atoms with E-state index in [0.29, 0.717) is 25.3 Å². The molecule has 3 aromatic rings. The van der Waals surface area contributed by atoms with E-state index in [2.05, 4.69) is 33.2 Å². The quantitative estimate of drug-likeness (QED) is 0.686. The van der Waals surface area contributed by atoms with Gasteiger partial charge in [0.05, 0.1) is 23.7 Å². The highest BCUT2D eigenvalue weighted by Crippen LogP contribution is 2.32. The van der Waals surface area contributed by atoms with Crippen LogP contribution in [0.1, 0.15) is 37.2 Å². The predicted octanol–water partition coefficient (Wildman–Crippen LogP) is 3.95. The van der Waals surface area contributed by atoms with E-state index < -0.39 is 0 Å². The van der Waals surface area contributed by atoms with E-state index in [-0.39, 0.29) is 17.9 Å². The highest BCUT2D eigenvalue weighted by Gasteiger charge is 2.22. The van der Waals surface area contributed by atoms with Crippen molar-refractivity contribution in [2.45, 2.75) is 38.8 Å². The molecule has 2 heterocycles. The lowest BCUT2D eigenvalue weighted by Gasteiger charge is -2.19. The Hall–Kier alpha value is -3.09. The first-order valence-corrected chi connectivity index (χ1v) is 10.1. The van der Waals surface area contributed by atoms with Gasteiger partial charge in [0.2, 0.25) is 0 Å². The number of para-hydroxylation sites is 2. The Labute approximate surface area is 169 Å². The van der Waals surface area contributed by atoms with Gasteiger partial charge in [-0.25, -0.2) is 14.2 Å². The molecule has 0 saturated carbocycles. The fourth-order valence-electron chi connectivity index (χ4n) is 3.86. The number of carbonyl (C=O) groups excluding carboxylic acids is 1. The van der Waals surface area contributed by atoms with Crippen LogP contribution in [-0.2, 0) is 13.0 Å². The Balaban J connectivity index is 1.38. The molecule has 2 N–H and O–H groups in total. The molecule has 1 atom stereocenters. The normalized spacial score (nSPS) is 16.0. The molecule has 1 unspecified atom stereocenters. The fourth-order valence-corrected chi connectivity index (χ4v) is 3.86. The van der Waals surface area contributed by atoms with Gasteiger partial charge in [-0.2, -0.15) is 0 Å². The van der Waals surface area contributed by atoms with E-state index in [1.165, 1.54) is 12.1 Å². The summed E-state index contributed by atoms with van der Waals surface area (Å²) in [4.78, 5) is 17.1. The number of imidazole rings is 1. The number of hydrogen-bond donors (Lipinski definition) is 2. The number of ether oxygens (including phenoxy) is 1. The lowest BCUT2D eigenvalue weighted by Crippen LogP contribution is -2.39. The van der Waals surface area contributed by atoms with Crippen LogP contribution in [0, 0.1) is 5.82 Å². The Bertz CT molecular complexity index is 1020. The van der Waals surface area contributed by atoms with Crippen LogP contribution in [0.25, 0.3) is 11.0 Å². The number of hydrogen-bond acceptors (Lipinski definition) is 3. The summed E-state index contributed by atoms with van der Waals surface area (Å²) in [5.41, 5.74) is 2.89. The van der Waals surface area contributed by atoms with Crippen molar-refractivity contribution >= 4 is 17.1 Å². The van der Waals surface area contributed by atoms with Gasteiger partial charge in [0.1, 0.15) is 17.4 Å². The third kappa shape index (κ3) is 4.18. The van der Waals surface area contributed by atoms with Crippen LogP contribution >= 0.6 is 0 Å². The van der Waals surface area contributed by atoms with Crippen LogP contribution in [-0.4, -0.2) is 28.7 Å². The second kappa shape index (κ2) is 8.51. The van der Waals surface area contributed by atoms with E-state index in [1.54, 1.807) is 6.07 Å². The van der Waals surface area contributed by atoms with Gasteiger partial charge in [-0.05, 0) is 38.0 Å². The monoisotopic (exact) mass is 396 g/mol. The van der Waals surface area contributed by atoms with E-state index in [1.807, 2.05) is 18.2 Å². The average molecular weight is 396 g/mol. The summed E-state index contributed by atoms with van der Waals surface area (Å²) in [6.07, 6.45) is 2.19. The molecule has 7 heteroatoms. The van der Waals surface area contributed by atoms with E-state index in [4.69, 9.17) is 4.74 Å². The van der Waals surface area contributed by atoms with Gasteiger partial charge in [0.25, 0.3) is 0 Å². The second-order valence-corrected chi connectivity index (χ2v) is 7.14. The molecule has 1 aliphatic rings.